The maximum atomic E-state index is 6.04. The predicted octanol–water partition coefficient (Wildman–Crippen LogP) is 10.6. The summed E-state index contributed by atoms with van der Waals surface area (Å²) in [4.78, 5) is 25.8. The Kier molecular flexibility index (Phi) is 9.20. The molecule has 10 rings (SSSR count). The summed E-state index contributed by atoms with van der Waals surface area (Å²) in [5.74, 6) is 4.67. The third kappa shape index (κ3) is 7.25. The number of allylic oxidation sites excluding steroid dienone is 3. The van der Waals surface area contributed by atoms with Crippen LogP contribution >= 0.6 is 0 Å². The molecule has 0 radical (unpaired) electrons. The second-order valence-electron chi connectivity index (χ2n) is 15.5. The van der Waals surface area contributed by atoms with Crippen LogP contribution < -0.4 is 20.4 Å². The first-order valence-electron chi connectivity index (χ1n) is 20.2. The maximum Gasteiger partial charge on any atom is 0.197 e. The number of fused-ring (bicyclic) bond motifs is 1. The average Bonchev–Trinajstić information content (AvgIpc) is 3.97. The Morgan fingerprint density at radius 1 is 0.614 bits per heavy atom. The number of furan rings is 3. The van der Waals surface area contributed by atoms with Gasteiger partial charge in [0, 0.05) is 60.8 Å². The number of aryl methyl sites for hydroxylation is 2. The lowest BCUT2D eigenvalue weighted by molar-refractivity contribution is 0.550. The second kappa shape index (κ2) is 14.9. The molecular formula is C46H46N8O3. The van der Waals surface area contributed by atoms with Crippen molar-refractivity contribution in [3.63, 3.8) is 0 Å². The summed E-state index contributed by atoms with van der Waals surface area (Å²) in [5.41, 5.74) is 9.57. The number of anilines is 6. The van der Waals surface area contributed by atoms with Crippen LogP contribution in [0.15, 0.2) is 130 Å². The van der Waals surface area contributed by atoms with Gasteiger partial charge in [0.2, 0.25) is 0 Å². The molecule has 11 heteroatoms. The smallest absolute Gasteiger partial charge is 0.197 e. The molecular weight excluding hydrogens is 713 g/mol. The minimum absolute atomic E-state index is 0.244. The topological polar surface area (TPSA) is 119 Å². The molecule has 288 valence electrons. The zero-order chi connectivity index (χ0) is 38.3. The Morgan fingerprint density at radius 3 is 1.82 bits per heavy atom. The molecule has 0 aliphatic carbocycles. The zero-order valence-corrected chi connectivity index (χ0v) is 32.4. The van der Waals surface area contributed by atoms with E-state index in [1.54, 1.807) is 12.5 Å². The van der Waals surface area contributed by atoms with E-state index in [4.69, 9.17) is 33.2 Å². The number of nitrogens with zero attached hydrogens (tertiary/aromatic N) is 6. The van der Waals surface area contributed by atoms with Gasteiger partial charge in [0.25, 0.3) is 0 Å². The van der Waals surface area contributed by atoms with E-state index in [1.165, 1.54) is 49.9 Å². The molecule has 5 aliphatic heterocycles. The molecule has 2 bridgehead atoms. The van der Waals surface area contributed by atoms with Gasteiger partial charge in [0.1, 0.15) is 29.5 Å². The summed E-state index contributed by atoms with van der Waals surface area (Å²) in [5, 5.41) is 7.22. The van der Waals surface area contributed by atoms with Crippen LogP contribution in [-0.4, -0.2) is 49.4 Å². The molecule has 11 nitrogen and oxygen atoms in total. The molecule has 2 saturated heterocycles. The highest BCUT2D eigenvalue weighted by Gasteiger charge is 2.34. The van der Waals surface area contributed by atoms with Crippen molar-refractivity contribution in [1.82, 2.24) is 0 Å². The molecule has 8 heterocycles. The highest BCUT2D eigenvalue weighted by Crippen LogP contribution is 2.39. The third-order valence-corrected chi connectivity index (χ3v) is 11.4. The fourth-order valence-corrected chi connectivity index (χ4v) is 8.44. The Morgan fingerprint density at radius 2 is 1.23 bits per heavy atom. The van der Waals surface area contributed by atoms with E-state index in [1.807, 2.05) is 44.2 Å². The first-order valence-corrected chi connectivity index (χ1v) is 20.2. The minimum atomic E-state index is -0.244. The summed E-state index contributed by atoms with van der Waals surface area (Å²) in [6.45, 7) is 8.10. The molecule has 3 aromatic heterocycles. The SMILES string of the molecule is Cc1ccc(Nc2cc(N3CCCCC3)ccc2C2=CC3=CC(c4ccc(N5CCCCC5)cc4Nc4ccc(C)o4)=NC4=NC(c5ccoc5)=NC(=N2)C4C3)o1. The van der Waals surface area contributed by atoms with E-state index in [0.29, 0.717) is 35.7 Å². The van der Waals surface area contributed by atoms with Crippen LogP contribution in [0.4, 0.5) is 34.5 Å². The first-order chi connectivity index (χ1) is 28.0. The number of hydrogen-bond donors (Lipinski definition) is 2. The van der Waals surface area contributed by atoms with E-state index in [9.17, 15) is 0 Å². The summed E-state index contributed by atoms with van der Waals surface area (Å²) in [6, 6.07) is 23.0. The van der Waals surface area contributed by atoms with Crippen molar-refractivity contribution in [2.24, 2.45) is 25.9 Å². The van der Waals surface area contributed by atoms with Gasteiger partial charge in [-0.05, 0) is 131 Å². The van der Waals surface area contributed by atoms with Gasteiger partial charge in [-0.1, -0.05) is 0 Å². The van der Waals surface area contributed by atoms with Gasteiger partial charge < -0.3 is 33.7 Å². The first kappa shape index (κ1) is 35.1. The molecule has 5 aromatic rings. The zero-order valence-electron chi connectivity index (χ0n) is 32.4. The van der Waals surface area contributed by atoms with E-state index < -0.39 is 0 Å². The number of amidine groups is 3. The van der Waals surface area contributed by atoms with E-state index in [-0.39, 0.29) is 5.92 Å². The normalized spacial score (nSPS) is 19.4. The molecule has 2 N–H and O–H groups in total. The molecule has 0 saturated carbocycles. The van der Waals surface area contributed by atoms with Crippen molar-refractivity contribution in [2.75, 3.05) is 46.6 Å². The van der Waals surface area contributed by atoms with Crippen LogP contribution in [0.5, 0.6) is 0 Å². The van der Waals surface area contributed by atoms with Crippen molar-refractivity contribution < 1.29 is 13.3 Å². The predicted molar refractivity (Wildman–Crippen MR) is 229 cm³/mol. The van der Waals surface area contributed by atoms with Crippen LogP contribution in [0.1, 0.15) is 73.2 Å². The summed E-state index contributed by atoms with van der Waals surface area (Å²) >= 11 is 0. The number of nitrogens with one attached hydrogen (secondary N) is 2. The fraction of sp³-hybridized carbons (Fsp3) is 0.304. The largest absolute Gasteiger partial charge is 0.472 e. The number of piperidine rings is 2. The molecule has 2 fully saturated rings. The third-order valence-electron chi connectivity index (χ3n) is 11.4. The van der Waals surface area contributed by atoms with Crippen molar-refractivity contribution in [3.8, 4) is 0 Å². The second-order valence-corrected chi connectivity index (χ2v) is 15.5. The number of hydrogen-bond acceptors (Lipinski definition) is 11. The lowest BCUT2D eigenvalue weighted by atomic mass is 9.95. The van der Waals surface area contributed by atoms with Gasteiger partial charge in [-0.15, -0.1) is 0 Å². The van der Waals surface area contributed by atoms with Crippen molar-refractivity contribution in [1.29, 1.82) is 0 Å². The van der Waals surface area contributed by atoms with Crippen LogP contribution in [0.3, 0.4) is 0 Å². The van der Waals surface area contributed by atoms with Crippen LogP contribution in [-0.2, 0) is 0 Å². The van der Waals surface area contributed by atoms with Crippen LogP contribution in [0.25, 0.3) is 5.70 Å². The standard InChI is InChI=1S/C46H46N8O3/c1-29-9-15-42(56-29)47-40-26-33(53-18-5-3-6-19-53)11-13-35(40)38-24-31-23-37-45(49-38)51-44(32-17-22-55-28-32)52-46(37)50-39(25-31)36-14-12-34(54-20-7-4-8-21-54)27-41(36)48-43-16-10-30(2)57-43/h9-17,22,24-28,37,47-48H,3-8,18-21,23H2,1-2H3. The van der Waals surface area contributed by atoms with Gasteiger partial charge in [-0.2, -0.15) is 0 Å². The monoisotopic (exact) mass is 758 g/mol. The lowest BCUT2D eigenvalue weighted by Crippen LogP contribution is -2.29. The Labute approximate surface area is 332 Å². The molecule has 5 aliphatic rings. The number of rotatable bonds is 9. The van der Waals surface area contributed by atoms with E-state index in [0.717, 1.165) is 82.7 Å². The Balaban J connectivity index is 1.12. The summed E-state index contributed by atoms with van der Waals surface area (Å²) in [7, 11) is 0. The summed E-state index contributed by atoms with van der Waals surface area (Å²) < 4.78 is 17.6. The molecule has 57 heavy (non-hydrogen) atoms. The van der Waals surface area contributed by atoms with Gasteiger partial charge in [-0.3, -0.25) is 0 Å². The van der Waals surface area contributed by atoms with E-state index in [2.05, 4.69) is 69.0 Å². The summed E-state index contributed by atoms with van der Waals surface area (Å²) in [6.07, 6.45) is 15.7. The Hall–Kier alpha value is -6.36. The molecule has 0 amide bonds. The van der Waals surface area contributed by atoms with Crippen LogP contribution in [0, 0.1) is 19.8 Å². The van der Waals surface area contributed by atoms with Gasteiger partial charge in [0.05, 0.1) is 40.5 Å². The van der Waals surface area contributed by atoms with Gasteiger partial charge in [-0.25, -0.2) is 20.0 Å². The number of aliphatic imine (C=N–C) groups is 4. The number of benzene rings is 2. The fourth-order valence-electron chi connectivity index (χ4n) is 8.44. The molecule has 0 spiro atoms. The molecule has 2 aromatic carbocycles. The van der Waals surface area contributed by atoms with Gasteiger partial charge >= 0.3 is 0 Å². The average molecular weight is 759 g/mol. The van der Waals surface area contributed by atoms with Crippen molar-refractivity contribution in [2.45, 2.75) is 58.8 Å². The van der Waals surface area contributed by atoms with E-state index >= 15 is 0 Å². The highest BCUT2D eigenvalue weighted by molar-refractivity contribution is 6.27. The van der Waals surface area contributed by atoms with Crippen LogP contribution in [0.2, 0.25) is 0 Å². The minimum Gasteiger partial charge on any atom is -0.472 e. The van der Waals surface area contributed by atoms with Crippen molar-refractivity contribution in [3.05, 3.63) is 125 Å². The van der Waals surface area contributed by atoms with Crippen molar-refractivity contribution >= 4 is 63.4 Å². The Bertz CT molecular complexity index is 2390. The quantitative estimate of drug-likeness (QED) is 0.154. The maximum absolute atomic E-state index is 6.04. The highest BCUT2D eigenvalue weighted by atomic mass is 16.4. The molecule has 1 atom stereocenters. The molecule has 1 unspecified atom stereocenters. The van der Waals surface area contributed by atoms with Gasteiger partial charge in [0.15, 0.2) is 17.6 Å². The lowest BCUT2D eigenvalue weighted by Gasteiger charge is -2.29.